The molecule has 0 aliphatic carbocycles. The highest BCUT2D eigenvalue weighted by molar-refractivity contribution is 8.66. The van der Waals surface area contributed by atoms with E-state index in [1.807, 2.05) is 0 Å². The average Bonchev–Trinajstić information content (AvgIpc) is 2.24. The predicted octanol–water partition coefficient (Wildman–Crippen LogP) is 2.38. The zero-order chi connectivity index (χ0) is 13.1. The van der Waals surface area contributed by atoms with Gasteiger partial charge in [0.1, 0.15) is 0 Å². The minimum atomic E-state index is -3.71. The van der Waals surface area contributed by atoms with Crippen molar-refractivity contribution in [3.8, 4) is 0 Å². The van der Waals surface area contributed by atoms with Gasteiger partial charge in [-0.1, -0.05) is 26.7 Å². The van der Waals surface area contributed by atoms with Crippen LogP contribution in [-0.2, 0) is 21.3 Å². The van der Waals surface area contributed by atoms with Crippen molar-refractivity contribution in [1.29, 1.82) is 0 Å². The van der Waals surface area contributed by atoms with Crippen LogP contribution in [0.3, 0.4) is 0 Å². The highest BCUT2D eigenvalue weighted by Crippen LogP contribution is 2.42. The van der Waals surface area contributed by atoms with Crippen LogP contribution in [0.2, 0.25) is 0 Å². The van der Waals surface area contributed by atoms with Crippen LogP contribution in [0.4, 0.5) is 0 Å². The highest BCUT2D eigenvalue weighted by atomic mass is 32.9. The van der Waals surface area contributed by atoms with E-state index in [-0.39, 0.29) is 18.1 Å². The Kier molecular flexibility index (Phi) is 19.7. The van der Waals surface area contributed by atoms with Crippen LogP contribution in [0.1, 0.15) is 39.5 Å². The van der Waals surface area contributed by atoms with Gasteiger partial charge in [0.15, 0.2) is 6.29 Å². The van der Waals surface area contributed by atoms with Gasteiger partial charge in [0.2, 0.25) is 0 Å². The molecule has 0 heterocycles. The predicted molar refractivity (Wildman–Crippen MR) is 84.2 cm³/mol. The third-order valence-corrected chi connectivity index (χ3v) is 5.05. The third kappa shape index (κ3) is 18.8. The maximum Gasteiger partial charge on any atom is 0.166 e. The average molecular weight is 336 g/mol. The minimum absolute atomic E-state index is 0. The van der Waals surface area contributed by atoms with Gasteiger partial charge in [-0.25, -0.2) is 0 Å². The Morgan fingerprint density at radius 3 is 1.79 bits per heavy atom. The van der Waals surface area contributed by atoms with E-state index in [0.29, 0.717) is 13.2 Å². The summed E-state index contributed by atoms with van der Waals surface area (Å²) in [5.41, 5.74) is -3.71. The summed E-state index contributed by atoms with van der Waals surface area (Å²) in [6.45, 7) is 5.32. The van der Waals surface area contributed by atoms with E-state index in [1.165, 1.54) is 0 Å². The van der Waals surface area contributed by atoms with E-state index < -0.39 is 12.0 Å². The van der Waals surface area contributed by atoms with Crippen molar-refractivity contribution in [3.63, 3.8) is 0 Å². The van der Waals surface area contributed by atoms with E-state index >= 15 is 0 Å². The molecule has 120 valence electrons. The molecule has 0 fully saturated rings. The molecule has 9 heteroatoms. The molecule has 0 aromatic rings. The third-order valence-electron chi connectivity index (χ3n) is 1.97. The standard InChI is InChI=1S/C10H23O4PS2.2H3N/c1-3-5-7-13-10(14-8-6-4-2)9-17-15(11,12)16;;/h10H,3-9H2,1-2H3,(H2,11,12,16);2*1H3. The number of quaternary nitrogens is 2. The summed E-state index contributed by atoms with van der Waals surface area (Å²) >= 11 is 5.05. The summed E-state index contributed by atoms with van der Waals surface area (Å²) in [5.74, 6) is 0.248. The summed E-state index contributed by atoms with van der Waals surface area (Å²) in [5, 5.41) is 0. The smallest absolute Gasteiger partial charge is 0.166 e. The lowest BCUT2D eigenvalue weighted by molar-refractivity contribution is -0.284. The molecule has 0 radical (unpaired) electrons. The van der Waals surface area contributed by atoms with Crippen LogP contribution < -0.4 is 22.1 Å². The molecule has 8 N–H and O–H groups in total. The number of hydrogen-bond donors (Lipinski definition) is 2. The molecule has 0 atom stereocenters. The Morgan fingerprint density at radius 2 is 1.47 bits per heavy atom. The fourth-order valence-electron chi connectivity index (χ4n) is 1.01. The molecule has 0 aliphatic rings. The first-order chi connectivity index (χ1) is 7.99. The van der Waals surface area contributed by atoms with Crippen molar-refractivity contribution in [3.05, 3.63) is 0 Å². The molecule has 0 saturated carbocycles. The first-order valence-electron chi connectivity index (χ1n) is 5.89. The molecule has 0 bridgehead atoms. The van der Waals surface area contributed by atoms with Gasteiger partial charge in [-0.3, -0.25) is 0 Å². The molecule has 0 aliphatic heterocycles. The van der Waals surface area contributed by atoms with Gasteiger partial charge >= 0.3 is 0 Å². The Balaban J connectivity index is -0.00000128. The lowest BCUT2D eigenvalue weighted by atomic mass is 10.4. The van der Waals surface area contributed by atoms with Crippen LogP contribution in [0.15, 0.2) is 0 Å². The molecule has 0 amide bonds. The Hall–Kier alpha value is 0.760. The largest absolute Gasteiger partial charge is 0.825 e. The van der Waals surface area contributed by atoms with Crippen molar-refractivity contribution < 1.29 is 19.3 Å². The van der Waals surface area contributed by atoms with Gasteiger partial charge in [0.05, 0.1) is 0 Å². The van der Waals surface area contributed by atoms with Crippen molar-refractivity contribution >= 4 is 28.9 Å². The number of rotatable bonds is 11. The lowest BCUT2D eigenvalue weighted by Gasteiger charge is -2.35. The first-order valence-corrected chi connectivity index (χ1v) is 10.1. The molecule has 0 unspecified atom stereocenters. The molecule has 19 heavy (non-hydrogen) atoms. The van der Waals surface area contributed by atoms with E-state index in [2.05, 4.69) is 25.7 Å². The lowest BCUT2D eigenvalue weighted by Crippen LogP contribution is -2.23. The Bertz CT molecular complexity index is 222. The second-order valence-corrected chi connectivity index (χ2v) is 9.46. The van der Waals surface area contributed by atoms with E-state index in [4.69, 9.17) is 9.47 Å². The van der Waals surface area contributed by atoms with Gasteiger partial charge in [-0.05, 0) is 12.8 Å². The van der Waals surface area contributed by atoms with Crippen LogP contribution >= 0.6 is 17.1 Å². The topological polar surface area (TPSA) is 138 Å². The molecule has 0 rings (SSSR count). The number of hydrogen-bond acceptors (Lipinski definition) is 6. The second kappa shape index (κ2) is 15.2. The van der Waals surface area contributed by atoms with Gasteiger partial charge in [-0.2, -0.15) is 17.1 Å². The molecule has 0 saturated heterocycles. The van der Waals surface area contributed by atoms with E-state index in [1.54, 1.807) is 0 Å². The zero-order valence-corrected chi connectivity index (χ0v) is 15.0. The maximum absolute atomic E-state index is 10.9. The first kappa shape index (κ1) is 24.8. The molecule has 0 aromatic carbocycles. The van der Waals surface area contributed by atoms with Crippen LogP contribution in [0, 0.1) is 0 Å². The fraction of sp³-hybridized carbons (Fsp3) is 1.00. The zero-order valence-electron chi connectivity index (χ0n) is 12.4. The van der Waals surface area contributed by atoms with Crippen molar-refractivity contribution in [2.75, 3.05) is 19.0 Å². The summed E-state index contributed by atoms with van der Waals surface area (Å²) < 4.78 is 11.0. The number of unbranched alkanes of at least 4 members (excludes halogenated alkanes) is 2. The maximum atomic E-state index is 10.9. The quantitative estimate of drug-likeness (QED) is 0.337. The minimum Gasteiger partial charge on any atom is -0.825 e. The summed E-state index contributed by atoms with van der Waals surface area (Å²) in [6, 6.07) is 0. The van der Waals surface area contributed by atoms with E-state index in [0.717, 1.165) is 37.1 Å². The Labute approximate surface area is 125 Å². The van der Waals surface area contributed by atoms with Crippen LogP contribution in [0.25, 0.3) is 0 Å². The van der Waals surface area contributed by atoms with Gasteiger partial charge in [0, 0.05) is 19.0 Å². The summed E-state index contributed by atoms with van der Waals surface area (Å²) in [7, 11) is 0. The molecule has 0 spiro atoms. The van der Waals surface area contributed by atoms with Crippen LogP contribution in [-0.4, -0.2) is 25.3 Å². The van der Waals surface area contributed by atoms with Gasteiger partial charge in [-0.15, -0.1) is 11.8 Å². The molecular weight excluding hydrogens is 307 g/mol. The molecular formula is C10H29N2O4PS2. The Morgan fingerprint density at radius 1 is 1.05 bits per heavy atom. The monoisotopic (exact) mass is 336 g/mol. The normalized spacial score (nSPS) is 11.0. The molecule has 0 aromatic heterocycles. The van der Waals surface area contributed by atoms with Gasteiger partial charge < -0.3 is 31.6 Å². The highest BCUT2D eigenvalue weighted by Gasteiger charge is 2.09. The SMILES string of the molecule is CCCCOC(CSP([O-])([O-])=S)OCCCC.[NH4+].[NH4+]. The van der Waals surface area contributed by atoms with E-state index in [9.17, 15) is 9.79 Å². The van der Waals surface area contributed by atoms with Crippen molar-refractivity contribution in [2.24, 2.45) is 0 Å². The number of ether oxygens (including phenoxy) is 2. The van der Waals surface area contributed by atoms with Crippen LogP contribution in [0.5, 0.6) is 0 Å². The summed E-state index contributed by atoms with van der Waals surface area (Å²) in [6.07, 6.45) is 3.50. The summed E-state index contributed by atoms with van der Waals surface area (Å²) in [4.78, 5) is 21.8. The molecule has 6 nitrogen and oxygen atoms in total. The second-order valence-electron chi connectivity index (χ2n) is 3.62. The fourth-order valence-corrected chi connectivity index (χ4v) is 2.97. The van der Waals surface area contributed by atoms with Crippen molar-refractivity contribution in [1.82, 2.24) is 12.3 Å². The van der Waals surface area contributed by atoms with Gasteiger partial charge in [0.25, 0.3) is 0 Å². The van der Waals surface area contributed by atoms with Crippen molar-refractivity contribution in [2.45, 2.75) is 45.8 Å².